The maximum atomic E-state index is 12.2. The van der Waals surface area contributed by atoms with Crippen LogP contribution in [0.4, 0.5) is 0 Å². The monoisotopic (exact) mass is 384 g/mol. The molecule has 0 aromatic rings. The molecule has 0 aromatic heterocycles. The molecule has 6 nitrogen and oxygen atoms in total. The Hall–Kier alpha value is -1.24. The second kappa shape index (κ2) is 13.0. The van der Waals surface area contributed by atoms with E-state index in [1.165, 1.54) is 7.11 Å². The summed E-state index contributed by atoms with van der Waals surface area (Å²) in [5.74, 6) is -0.897. The molecule has 1 aliphatic carbocycles. The highest BCUT2D eigenvalue weighted by Crippen LogP contribution is 2.36. The summed E-state index contributed by atoms with van der Waals surface area (Å²) in [7, 11) is 1.34. The van der Waals surface area contributed by atoms with Gasteiger partial charge >= 0.3 is 5.97 Å². The van der Waals surface area contributed by atoms with Crippen LogP contribution in [0.1, 0.15) is 71.1 Å². The minimum atomic E-state index is -0.717. The summed E-state index contributed by atoms with van der Waals surface area (Å²) < 4.78 is 4.57. The van der Waals surface area contributed by atoms with Gasteiger partial charge in [0, 0.05) is 37.5 Å². The van der Waals surface area contributed by atoms with Crippen LogP contribution < -0.4 is 0 Å². The molecule has 0 spiro atoms. The van der Waals surface area contributed by atoms with Gasteiger partial charge in [-0.2, -0.15) is 0 Å². The lowest BCUT2D eigenvalue weighted by atomic mass is 9.87. The molecule has 0 heterocycles. The fraction of sp³-hybridized carbons (Fsp3) is 0.810. The van der Waals surface area contributed by atoms with Crippen LogP contribution in [-0.4, -0.2) is 52.5 Å². The van der Waals surface area contributed by atoms with E-state index in [1.807, 2.05) is 0 Å². The minimum absolute atomic E-state index is 0.0277. The number of Topliss-reactive ketones (excluding diaryl/α,β-unsaturated/α-hetero) is 1. The number of unbranched alkanes of at least 4 members (excludes halogenated alkanes) is 3. The molecule has 0 saturated heterocycles. The van der Waals surface area contributed by atoms with Gasteiger partial charge in [-0.05, 0) is 19.3 Å². The third-order valence-corrected chi connectivity index (χ3v) is 5.35. The highest BCUT2D eigenvalue weighted by Gasteiger charge is 2.41. The van der Waals surface area contributed by atoms with Crippen LogP contribution in [0.15, 0.2) is 12.2 Å². The van der Waals surface area contributed by atoms with Gasteiger partial charge in [-0.25, -0.2) is 0 Å². The Morgan fingerprint density at radius 2 is 1.81 bits per heavy atom. The van der Waals surface area contributed by atoms with Gasteiger partial charge < -0.3 is 20.1 Å². The zero-order valence-electron chi connectivity index (χ0n) is 16.7. The lowest BCUT2D eigenvalue weighted by molar-refractivity contribution is -0.140. The molecule has 27 heavy (non-hydrogen) atoms. The number of aliphatic hydroxyl groups excluding tert-OH is 3. The van der Waals surface area contributed by atoms with Gasteiger partial charge in [-0.15, -0.1) is 0 Å². The SMILES string of the molecule is CCCCCC(O)/C=C/[C@H]1C(O)CC(O)[C@@H]1CC(=O)CCCCC(=O)OC. The molecule has 0 aliphatic heterocycles. The van der Waals surface area contributed by atoms with Crippen molar-refractivity contribution in [3.8, 4) is 0 Å². The summed E-state index contributed by atoms with van der Waals surface area (Å²) >= 11 is 0. The van der Waals surface area contributed by atoms with Crippen molar-refractivity contribution in [1.29, 1.82) is 0 Å². The third kappa shape index (κ3) is 9.00. The van der Waals surface area contributed by atoms with Crippen molar-refractivity contribution in [3.63, 3.8) is 0 Å². The zero-order chi connectivity index (χ0) is 20.2. The van der Waals surface area contributed by atoms with Crippen LogP contribution in [0.25, 0.3) is 0 Å². The quantitative estimate of drug-likeness (QED) is 0.256. The van der Waals surface area contributed by atoms with Crippen LogP contribution in [0.2, 0.25) is 0 Å². The van der Waals surface area contributed by atoms with Crippen molar-refractivity contribution >= 4 is 11.8 Å². The minimum Gasteiger partial charge on any atom is -0.469 e. The van der Waals surface area contributed by atoms with E-state index in [2.05, 4.69) is 11.7 Å². The smallest absolute Gasteiger partial charge is 0.305 e. The van der Waals surface area contributed by atoms with Gasteiger partial charge in [0.1, 0.15) is 5.78 Å². The van der Waals surface area contributed by atoms with Gasteiger partial charge in [-0.1, -0.05) is 38.3 Å². The van der Waals surface area contributed by atoms with Crippen molar-refractivity contribution in [2.24, 2.45) is 11.8 Å². The summed E-state index contributed by atoms with van der Waals surface area (Å²) in [5.41, 5.74) is 0. The van der Waals surface area contributed by atoms with Crippen LogP contribution >= 0.6 is 0 Å². The molecule has 1 saturated carbocycles. The van der Waals surface area contributed by atoms with Crippen molar-refractivity contribution in [1.82, 2.24) is 0 Å². The largest absolute Gasteiger partial charge is 0.469 e. The lowest BCUT2D eigenvalue weighted by Gasteiger charge is -2.20. The Morgan fingerprint density at radius 3 is 2.48 bits per heavy atom. The van der Waals surface area contributed by atoms with E-state index in [-0.39, 0.29) is 36.4 Å². The van der Waals surface area contributed by atoms with E-state index in [0.29, 0.717) is 32.1 Å². The number of esters is 1. The number of ketones is 1. The van der Waals surface area contributed by atoms with Gasteiger partial charge in [0.05, 0.1) is 25.4 Å². The number of carbonyl (C=O) groups excluding carboxylic acids is 2. The summed E-state index contributed by atoms with van der Waals surface area (Å²) in [6.07, 6.45) is 7.60. The van der Waals surface area contributed by atoms with Crippen LogP contribution in [0.5, 0.6) is 0 Å². The Labute approximate surface area is 162 Å². The third-order valence-electron chi connectivity index (χ3n) is 5.35. The number of hydrogen-bond acceptors (Lipinski definition) is 6. The first-order chi connectivity index (χ1) is 12.9. The Morgan fingerprint density at radius 1 is 1.11 bits per heavy atom. The number of methoxy groups -OCH3 is 1. The van der Waals surface area contributed by atoms with E-state index in [0.717, 1.165) is 19.3 Å². The molecule has 3 unspecified atom stereocenters. The summed E-state index contributed by atoms with van der Waals surface area (Å²) in [6, 6.07) is 0. The molecule has 0 bridgehead atoms. The van der Waals surface area contributed by atoms with E-state index in [1.54, 1.807) is 12.2 Å². The van der Waals surface area contributed by atoms with Gasteiger partial charge in [0.15, 0.2) is 0 Å². The Kier molecular flexibility index (Phi) is 11.5. The topological polar surface area (TPSA) is 104 Å². The lowest BCUT2D eigenvalue weighted by Crippen LogP contribution is -2.24. The number of hydrogen-bond donors (Lipinski definition) is 3. The first kappa shape index (κ1) is 23.8. The number of rotatable bonds is 13. The standard InChI is InChI=1S/C21H36O6/c1-3-4-5-8-15(22)11-12-17-18(20(25)14-19(17)24)13-16(23)9-6-7-10-21(26)27-2/h11-12,15,17-20,22,24-25H,3-10,13-14H2,1-2H3/b12-11+/t15?,17-,18-,19?,20?/m1/s1. The summed E-state index contributed by atoms with van der Waals surface area (Å²) in [5, 5.41) is 30.5. The molecule has 0 amide bonds. The summed E-state index contributed by atoms with van der Waals surface area (Å²) in [6.45, 7) is 2.11. The van der Waals surface area contributed by atoms with Crippen molar-refractivity contribution in [3.05, 3.63) is 12.2 Å². The zero-order valence-corrected chi connectivity index (χ0v) is 16.7. The molecule has 0 aromatic carbocycles. The first-order valence-corrected chi connectivity index (χ1v) is 10.2. The Bertz CT molecular complexity index is 475. The van der Waals surface area contributed by atoms with Gasteiger partial charge in [0.2, 0.25) is 0 Å². The molecular formula is C21H36O6. The van der Waals surface area contributed by atoms with Gasteiger partial charge in [-0.3, -0.25) is 9.59 Å². The first-order valence-electron chi connectivity index (χ1n) is 10.2. The van der Waals surface area contributed by atoms with E-state index in [4.69, 9.17) is 0 Å². The van der Waals surface area contributed by atoms with Crippen LogP contribution in [0.3, 0.4) is 0 Å². The molecular weight excluding hydrogens is 348 g/mol. The molecule has 156 valence electrons. The fourth-order valence-electron chi connectivity index (χ4n) is 3.68. The normalized spacial score (nSPS) is 26.4. The molecule has 6 heteroatoms. The van der Waals surface area contributed by atoms with E-state index < -0.39 is 18.3 Å². The predicted octanol–water partition coefficient (Wildman–Crippen LogP) is 2.53. The highest BCUT2D eigenvalue weighted by atomic mass is 16.5. The number of ether oxygens (including phenoxy) is 1. The molecule has 5 atom stereocenters. The second-order valence-electron chi connectivity index (χ2n) is 7.59. The maximum Gasteiger partial charge on any atom is 0.305 e. The number of carbonyl (C=O) groups is 2. The van der Waals surface area contributed by atoms with E-state index >= 15 is 0 Å². The predicted molar refractivity (Wildman–Crippen MR) is 103 cm³/mol. The molecule has 1 aliphatic rings. The van der Waals surface area contributed by atoms with Gasteiger partial charge in [0.25, 0.3) is 0 Å². The fourth-order valence-corrected chi connectivity index (χ4v) is 3.68. The average Bonchev–Trinajstić information content (AvgIpc) is 2.89. The summed E-state index contributed by atoms with van der Waals surface area (Å²) in [4.78, 5) is 23.3. The van der Waals surface area contributed by atoms with Crippen LogP contribution in [0, 0.1) is 11.8 Å². The molecule has 1 fully saturated rings. The molecule has 0 radical (unpaired) electrons. The molecule has 3 N–H and O–H groups in total. The van der Waals surface area contributed by atoms with E-state index in [9.17, 15) is 24.9 Å². The van der Waals surface area contributed by atoms with Crippen molar-refractivity contribution in [2.45, 2.75) is 89.4 Å². The maximum absolute atomic E-state index is 12.2. The number of aliphatic hydroxyl groups is 3. The second-order valence-corrected chi connectivity index (χ2v) is 7.59. The van der Waals surface area contributed by atoms with Crippen LogP contribution in [-0.2, 0) is 14.3 Å². The highest BCUT2D eigenvalue weighted by molar-refractivity contribution is 5.78. The average molecular weight is 385 g/mol. The van der Waals surface area contributed by atoms with Crippen molar-refractivity contribution < 1.29 is 29.6 Å². The molecule has 1 rings (SSSR count). The van der Waals surface area contributed by atoms with Crippen molar-refractivity contribution in [2.75, 3.05) is 7.11 Å². The Balaban J connectivity index is 2.48.